The predicted octanol–water partition coefficient (Wildman–Crippen LogP) is 14.2. The summed E-state index contributed by atoms with van der Waals surface area (Å²) >= 11 is 1.86. The second kappa shape index (κ2) is 12.3. The molecule has 2 aromatic heterocycles. The van der Waals surface area contributed by atoms with Crippen molar-refractivity contribution < 1.29 is 4.42 Å². The summed E-state index contributed by atoms with van der Waals surface area (Å²) in [6, 6.07) is 59.2. The molecule has 1 atom stereocenters. The second-order valence-electron chi connectivity index (χ2n) is 14.0. The van der Waals surface area contributed by atoms with Gasteiger partial charge in [0.1, 0.15) is 11.2 Å². The number of hydrogen-bond acceptors (Lipinski definition) is 3. The van der Waals surface area contributed by atoms with Gasteiger partial charge in [0, 0.05) is 42.3 Å². The van der Waals surface area contributed by atoms with Gasteiger partial charge in [0.05, 0.1) is 5.54 Å². The third-order valence-corrected chi connectivity index (χ3v) is 11.8. The average Bonchev–Trinajstić information content (AvgIpc) is 3.77. The molecule has 0 N–H and O–H groups in total. The highest BCUT2D eigenvalue weighted by Crippen LogP contribution is 2.42. The van der Waals surface area contributed by atoms with E-state index in [1.807, 2.05) is 23.5 Å². The summed E-state index contributed by atoms with van der Waals surface area (Å²) in [6.07, 6.45) is 7.93. The fourth-order valence-electron chi connectivity index (χ4n) is 7.89. The number of hydrogen-bond donors (Lipinski definition) is 0. The van der Waals surface area contributed by atoms with Gasteiger partial charge in [-0.2, -0.15) is 0 Å². The Bertz CT molecular complexity index is 2820. The van der Waals surface area contributed by atoms with E-state index < -0.39 is 0 Å². The zero-order valence-electron chi connectivity index (χ0n) is 28.8. The van der Waals surface area contributed by atoms with E-state index in [1.54, 1.807) is 0 Å². The number of para-hydroxylation sites is 1. The number of furan rings is 1. The fourth-order valence-corrected chi connectivity index (χ4v) is 8.97. The molecule has 0 fully saturated rings. The SMILES string of the molecule is CC1(N(c2ccc(-c3ccccc3)cc2)c2ccc(-c3ccc4sc5ccccc5c4c3)cc2)C=CC(c2ccc3oc4ccccc4c3c2)=CC1. The number of rotatable bonds is 6. The molecular weight excluding hydrogens is 651 g/mol. The molecule has 0 radical (unpaired) electrons. The van der Waals surface area contributed by atoms with Crippen LogP contribution in [0, 0.1) is 0 Å². The van der Waals surface area contributed by atoms with E-state index in [9.17, 15) is 0 Å². The molecule has 0 aliphatic heterocycles. The van der Waals surface area contributed by atoms with E-state index in [4.69, 9.17) is 4.42 Å². The highest BCUT2D eigenvalue weighted by Gasteiger charge is 2.32. The molecule has 0 spiro atoms. The Morgan fingerprint density at radius 2 is 1.08 bits per heavy atom. The topological polar surface area (TPSA) is 16.4 Å². The molecule has 52 heavy (non-hydrogen) atoms. The Hall–Kier alpha value is -6.16. The average molecular weight is 686 g/mol. The lowest BCUT2D eigenvalue weighted by molar-refractivity contribution is 0.571. The quantitative estimate of drug-likeness (QED) is 0.173. The van der Waals surface area contributed by atoms with Gasteiger partial charge < -0.3 is 9.32 Å². The van der Waals surface area contributed by atoms with Gasteiger partial charge in [-0.05, 0) is 107 Å². The van der Waals surface area contributed by atoms with Gasteiger partial charge in [-0.15, -0.1) is 11.3 Å². The van der Waals surface area contributed by atoms with Gasteiger partial charge in [-0.1, -0.05) is 121 Å². The Morgan fingerprint density at radius 3 is 1.83 bits per heavy atom. The van der Waals surface area contributed by atoms with Crippen molar-refractivity contribution in [2.45, 2.75) is 18.9 Å². The fraction of sp³-hybridized carbons (Fsp3) is 0.0612. The summed E-state index contributed by atoms with van der Waals surface area (Å²) in [5.41, 5.74) is 11.2. The van der Waals surface area contributed by atoms with E-state index in [2.05, 4.69) is 182 Å². The standard InChI is InChI=1S/C49H35NOS/c1-49(29-27-36(28-30-49)37-19-25-46-43(31-37)41-11-5-7-13-45(41)51-46)50(39-21-15-34(16-22-39)33-9-3-2-4-10-33)40-23-17-35(18-24-40)38-20-26-48-44(32-38)42-12-6-8-14-47(42)52-48/h2-29,31-32H,30H2,1H3. The van der Waals surface area contributed by atoms with Gasteiger partial charge in [0.15, 0.2) is 0 Å². The molecule has 0 saturated carbocycles. The summed E-state index contributed by atoms with van der Waals surface area (Å²) in [5.74, 6) is 0. The molecule has 10 rings (SSSR count). The third-order valence-electron chi connectivity index (χ3n) is 10.6. The molecule has 1 aliphatic carbocycles. The van der Waals surface area contributed by atoms with E-state index in [0.29, 0.717) is 0 Å². The third kappa shape index (κ3) is 5.25. The lowest BCUT2D eigenvalue weighted by Gasteiger charge is -2.42. The Morgan fingerprint density at radius 1 is 0.500 bits per heavy atom. The van der Waals surface area contributed by atoms with Gasteiger partial charge in [-0.3, -0.25) is 0 Å². The first-order chi connectivity index (χ1) is 25.6. The van der Waals surface area contributed by atoms with Crippen molar-refractivity contribution in [1.82, 2.24) is 0 Å². The normalized spacial score (nSPS) is 15.8. The number of fused-ring (bicyclic) bond motifs is 6. The van der Waals surface area contributed by atoms with Crippen LogP contribution in [0.1, 0.15) is 18.9 Å². The molecule has 2 nitrogen and oxygen atoms in total. The molecule has 7 aromatic carbocycles. The Balaban J connectivity index is 1.01. The molecule has 9 aromatic rings. The lowest BCUT2D eigenvalue weighted by atomic mass is 9.85. The van der Waals surface area contributed by atoms with Crippen molar-refractivity contribution >= 4 is 70.4 Å². The Kier molecular flexibility index (Phi) is 7.23. The smallest absolute Gasteiger partial charge is 0.135 e. The van der Waals surface area contributed by atoms with Crippen molar-refractivity contribution in [2.24, 2.45) is 0 Å². The van der Waals surface area contributed by atoms with E-state index in [0.717, 1.165) is 39.7 Å². The molecular formula is C49H35NOS. The maximum atomic E-state index is 6.12. The van der Waals surface area contributed by atoms with Crippen LogP contribution in [0.2, 0.25) is 0 Å². The number of nitrogens with zero attached hydrogens (tertiary/aromatic N) is 1. The minimum atomic E-state index is -0.291. The number of anilines is 2. The van der Waals surface area contributed by atoms with Crippen molar-refractivity contribution in [1.29, 1.82) is 0 Å². The zero-order chi connectivity index (χ0) is 34.6. The van der Waals surface area contributed by atoms with E-state index in [1.165, 1.54) is 53.6 Å². The first kappa shape index (κ1) is 30.6. The van der Waals surface area contributed by atoms with Crippen molar-refractivity contribution in [3.05, 3.63) is 188 Å². The first-order valence-electron chi connectivity index (χ1n) is 17.9. The summed E-state index contributed by atoms with van der Waals surface area (Å²) in [4.78, 5) is 2.50. The molecule has 0 saturated heterocycles. The van der Waals surface area contributed by atoms with Crippen LogP contribution >= 0.6 is 11.3 Å². The van der Waals surface area contributed by atoms with Gasteiger partial charge >= 0.3 is 0 Å². The summed E-state index contributed by atoms with van der Waals surface area (Å²) < 4.78 is 8.78. The maximum Gasteiger partial charge on any atom is 0.135 e. The summed E-state index contributed by atoms with van der Waals surface area (Å²) in [5, 5.41) is 4.96. The molecule has 3 heteroatoms. The van der Waals surface area contributed by atoms with Crippen molar-refractivity contribution in [2.75, 3.05) is 4.90 Å². The predicted molar refractivity (Wildman–Crippen MR) is 223 cm³/mol. The number of allylic oxidation sites excluding steroid dienone is 2. The second-order valence-corrected chi connectivity index (χ2v) is 15.1. The monoisotopic (exact) mass is 685 g/mol. The molecule has 1 aliphatic rings. The molecule has 248 valence electrons. The minimum Gasteiger partial charge on any atom is -0.456 e. The largest absolute Gasteiger partial charge is 0.456 e. The minimum absolute atomic E-state index is 0.291. The molecule has 1 unspecified atom stereocenters. The van der Waals surface area contributed by atoms with Crippen molar-refractivity contribution in [3.63, 3.8) is 0 Å². The van der Waals surface area contributed by atoms with E-state index in [-0.39, 0.29) is 5.54 Å². The van der Waals surface area contributed by atoms with Crippen molar-refractivity contribution in [3.8, 4) is 22.3 Å². The Labute approximate surface area is 307 Å². The highest BCUT2D eigenvalue weighted by molar-refractivity contribution is 7.25. The molecule has 0 bridgehead atoms. The summed E-state index contributed by atoms with van der Waals surface area (Å²) in [6.45, 7) is 2.35. The lowest BCUT2D eigenvalue weighted by Crippen LogP contribution is -2.42. The van der Waals surface area contributed by atoms with Gasteiger partial charge in [0.25, 0.3) is 0 Å². The van der Waals surface area contributed by atoms with Crippen LogP contribution in [0.4, 0.5) is 11.4 Å². The first-order valence-corrected chi connectivity index (χ1v) is 18.7. The summed E-state index contributed by atoms with van der Waals surface area (Å²) in [7, 11) is 0. The highest BCUT2D eigenvalue weighted by atomic mass is 32.1. The van der Waals surface area contributed by atoms with Crippen LogP contribution in [-0.2, 0) is 0 Å². The number of thiophene rings is 1. The zero-order valence-corrected chi connectivity index (χ0v) is 29.6. The van der Waals surface area contributed by atoms with Crippen LogP contribution in [0.15, 0.2) is 186 Å². The molecule has 0 amide bonds. The molecule has 2 heterocycles. The maximum absolute atomic E-state index is 6.12. The van der Waals surface area contributed by atoms with Crippen LogP contribution in [-0.4, -0.2) is 5.54 Å². The van der Waals surface area contributed by atoms with Crippen LogP contribution in [0.3, 0.4) is 0 Å². The van der Waals surface area contributed by atoms with Gasteiger partial charge in [0.2, 0.25) is 0 Å². The van der Waals surface area contributed by atoms with E-state index >= 15 is 0 Å². The van der Waals surface area contributed by atoms with Crippen LogP contribution < -0.4 is 4.90 Å². The van der Waals surface area contributed by atoms with Gasteiger partial charge in [-0.25, -0.2) is 0 Å². The van der Waals surface area contributed by atoms with Crippen LogP contribution in [0.25, 0.3) is 69.9 Å². The number of benzene rings is 7. The van der Waals surface area contributed by atoms with Crippen LogP contribution in [0.5, 0.6) is 0 Å².